The summed E-state index contributed by atoms with van der Waals surface area (Å²) in [7, 11) is 1.90. The lowest BCUT2D eigenvalue weighted by atomic mass is 9.99. The molecule has 0 saturated carbocycles. The van der Waals surface area contributed by atoms with Gasteiger partial charge in [-0.3, -0.25) is 4.68 Å². The fourth-order valence-electron chi connectivity index (χ4n) is 2.65. The summed E-state index contributed by atoms with van der Waals surface area (Å²) >= 11 is 0. The molecule has 106 valence electrons. The molecule has 0 aliphatic carbocycles. The minimum atomic E-state index is 0.550. The van der Waals surface area contributed by atoms with E-state index in [1.165, 1.54) is 6.42 Å². The third-order valence-electron chi connectivity index (χ3n) is 3.78. The van der Waals surface area contributed by atoms with Gasteiger partial charge in [0, 0.05) is 38.1 Å². The molecule has 1 unspecified atom stereocenters. The second-order valence-electron chi connectivity index (χ2n) is 5.33. The zero-order valence-corrected chi connectivity index (χ0v) is 11.7. The fourth-order valence-corrected chi connectivity index (χ4v) is 2.65. The molecule has 1 aliphatic rings. The Morgan fingerprint density at radius 1 is 1.45 bits per heavy atom. The molecule has 1 aliphatic heterocycles. The molecule has 0 amide bonds. The standard InChI is InChI=1S/C14H20N6/c1-19-10-12(8-17-19)13-4-5-16-14(18-13)20-6-2-3-11(7-15)9-20/h4-5,8,10-11H,2-3,6-7,9,15H2,1H3. The largest absolute Gasteiger partial charge is 0.340 e. The number of nitrogens with zero attached hydrogens (tertiary/aromatic N) is 5. The van der Waals surface area contributed by atoms with Gasteiger partial charge in [-0.1, -0.05) is 0 Å². The Labute approximate surface area is 118 Å². The third-order valence-corrected chi connectivity index (χ3v) is 3.78. The van der Waals surface area contributed by atoms with E-state index >= 15 is 0 Å². The van der Waals surface area contributed by atoms with Crippen LogP contribution in [0.4, 0.5) is 5.95 Å². The molecular formula is C14H20N6. The molecule has 20 heavy (non-hydrogen) atoms. The van der Waals surface area contributed by atoms with Gasteiger partial charge in [0.1, 0.15) is 0 Å². The first-order valence-electron chi connectivity index (χ1n) is 7.03. The highest BCUT2D eigenvalue weighted by atomic mass is 15.3. The van der Waals surface area contributed by atoms with Gasteiger partial charge in [-0.25, -0.2) is 9.97 Å². The average molecular weight is 272 g/mol. The molecule has 3 rings (SSSR count). The van der Waals surface area contributed by atoms with Crippen molar-refractivity contribution in [1.82, 2.24) is 19.7 Å². The molecule has 6 nitrogen and oxygen atoms in total. The predicted octanol–water partition coefficient (Wildman–Crippen LogP) is 1.05. The van der Waals surface area contributed by atoms with E-state index in [9.17, 15) is 0 Å². The Morgan fingerprint density at radius 3 is 3.10 bits per heavy atom. The van der Waals surface area contributed by atoms with Crippen LogP contribution >= 0.6 is 0 Å². The lowest BCUT2D eigenvalue weighted by Gasteiger charge is -2.32. The second-order valence-corrected chi connectivity index (χ2v) is 5.33. The van der Waals surface area contributed by atoms with E-state index in [-0.39, 0.29) is 0 Å². The minimum Gasteiger partial charge on any atom is -0.340 e. The Balaban J connectivity index is 1.84. The molecule has 2 aromatic rings. The fraction of sp³-hybridized carbons (Fsp3) is 0.500. The maximum absolute atomic E-state index is 5.79. The van der Waals surface area contributed by atoms with Gasteiger partial charge in [0.25, 0.3) is 0 Å². The quantitative estimate of drug-likeness (QED) is 0.904. The van der Waals surface area contributed by atoms with Crippen LogP contribution in [0.3, 0.4) is 0 Å². The van der Waals surface area contributed by atoms with Gasteiger partial charge >= 0.3 is 0 Å². The van der Waals surface area contributed by atoms with Gasteiger partial charge < -0.3 is 10.6 Å². The summed E-state index contributed by atoms with van der Waals surface area (Å²) in [6.07, 6.45) is 7.96. The van der Waals surface area contributed by atoms with Gasteiger partial charge in [0.2, 0.25) is 5.95 Å². The molecule has 1 atom stereocenters. The summed E-state index contributed by atoms with van der Waals surface area (Å²) < 4.78 is 1.78. The molecule has 1 fully saturated rings. The maximum atomic E-state index is 5.79. The Bertz CT molecular complexity index is 579. The van der Waals surface area contributed by atoms with E-state index in [0.29, 0.717) is 5.92 Å². The van der Waals surface area contributed by atoms with Crippen LogP contribution in [0.5, 0.6) is 0 Å². The molecule has 0 radical (unpaired) electrons. The highest BCUT2D eigenvalue weighted by Crippen LogP contribution is 2.22. The van der Waals surface area contributed by atoms with Crippen LogP contribution in [0, 0.1) is 5.92 Å². The summed E-state index contributed by atoms with van der Waals surface area (Å²) in [5.74, 6) is 1.35. The van der Waals surface area contributed by atoms with Gasteiger partial charge in [-0.05, 0) is 31.4 Å². The van der Waals surface area contributed by atoms with Crippen molar-refractivity contribution >= 4 is 5.95 Å². The zero-order chi connectivity index (χ0) is 13.9. The Kier molecular flexibility index (Phi) is 3.64. The van der Waals surface area contributed by atoms with E-state index in [1.807, 2.05) is 31.7 Å². The molecule has 0 bridgehead atoms. The van der Waals surface area contributed by atoms with E-state index < -0.39 is 0 Å². The van der Waals surface area contributed by atoms with Crippen molar-refractivity contribution in [3.63, 3.8) is 0 Å². The summed E-state index contributed by atoms with van der Waals surface area (Å²) in [4.78, 5) is 11.3. The van der Waals surface area contributed by atoms with Gasteiger partial charge in [-0.2, -0.15) is 5.10 Å². The van der Waals surface area contributed by atoms with Gasteiger partial charge in [0.15, 0.2) is 0 Å². The first-order valence-corrected chi connectivity index (χ1v) is 7.03. The monoisotopic (exact) mass is 272 g/mol. The van der Waals surface area contributed by atoms with Crippen LogP contribution in [0.1, 0.15) is 12.8 Å². The molecule has 2 N–H and O–H groups in total. The third kappa shape index (κ3) is 2.65. The first-order chi connectivity index (χ1) is 9.76. The van der Waals surface area contributed by atoms with Crippen LogP contribution in [0.2, 0.25) is 0 Å². The number of nitrogens with two attached hydrogens (primary N) is 1. The van der Waals surface area contributed by atoms with Crippen molar-refractivity contribution in [1.29, 1.82) is 0 Å². The van der Waals surface area contributed by atoms with E-state index in [4.69, 9.17) is 5.73 Å². The van der Waals surface area contributed by atoms with E-state index in [2.05, 4.69) is 20.0 Å². The van der Waals surface area contributed by atoms with E-state index in [1.54, 1.807) is 4.68 Å². The molecule has 0 aromatic carbocycles. The summed E-state index contributed by atoms with van der Waals surface area (Å²) in [6, 6.07) is 1.92. The number of anilines is 1. The first kappa shape index (κ1) is 13.1. The van der Waals surface area contributed by atoms with Crippen molar-refractivity contribution < 1.29 is 0 Å². The van der Waals surface area contributed by atoms with Crippen molar-refractivity contribution in [3.8, 4) is 11.3 Å². The van der Waals surface area contributed by atoms with Gasteiger partial charge in [0.05, 0.1) is 11.9 Å². The molecule has 3 heterocycles. The summed E-state index contributed by atoms with van der Waals surface area (Å²) in [5, 5.41) is 4.19. The maximum Gasteiger partial charge on any atom is 0.225 e. The highest BCUT2D eigenvalue weighted by molar-refractivity contribution is 5.58. The smallest absolute Gasteiger partial charge is 0.225 e. The number of hydrogen-bond acceptors (Lipinski definition) is 5. The van der Waals surface area contributed by atoms with Crippen molar-refractivity contribution in [2.45, 2.75) is 12.8 Å². The Morgan fingerprint density at radius 2 is 2.35 bits per heavy atom. The summed E-state index contributed by atoms with van der Waals surface area (Å²) in [5.41, 5.74) is 7.72. The predicted molar refractivity (Wildman–Crippen MR) is 78.2 cm³/mol. The van der Waals surface area contributed by atoms with Crippen LogP contribution < -0.4 is 10.6 Å². The normalized spacial score (nSPS) is 19.3. The summed E-state index contributed by atoms with van der Waals surface area (Å²) in [6.45, 7) is 2.69. The number of piperidine rings is 1. The SMILES string of the molecule is Cn1cc(-c2ccnc(N3CCCC(CN)C3)n2)cn1. The number of hydrogen-bond donors (Lipinski definition) is 1. The number of aryl methyl sites for hydroxylation is 1. The topological polar surface area (TPSA) is 72.9 Å². The minimum absolute atomic E-state index is 0.550. The second kappa shape index (κ2) is 5.58. The molecule has 0 spiro atoms. The van der Waals surface area contributed by atoms with Gasteiger partial charge in [-0.15, -0.1) is 0 Å². The van der Waals surface area contributed by atoms with Crippen LogP contribution in [0.25, 0.3) is 11.3 Å². The van der Waals surface area contributed by atoms with Crippen LogP contribution in [-0.4, -0.2) is 39.4 Å². The average Bonchev–Trinajstić information content (AvgIpc) is 2.94. The van der Waals surface area contributed by atoms with Crippen LogP contribution in [0.15, 0.2) is 24.7 Å². The lowest BCUT2D eigenvalue weighted by molar-refractivity contribution is 0.419. The molecule has 2 aromatic heterocycles. The lowest BCUT2D eigenvalue weighted by Crippen LogP contribution is -2.39. The van der Waals surface area contributed by atoms with Crippen LogP contribution in [-0.2, 0) is 7.05 Å². The van der Waals surface area contributed by atoms with E-state index in [0.717, 1.165) is 43.3 Å². The number of aromatic nitrogens is 4. The molecular weight excluding hydrogens is 252 g/mol. The zero-order valence-electron chi connectivity index (χ0n) is 11.7. The highest BCUT2D eigenvalue weighted by Gasteiger charge is 2.21. The van der Waals surface area contributed by atoms with Crippen molar-refractivity contribution in [2.75, 3.05) is 24.5 Å². The van der Waals surface area contributed by atoms with Crippen molar-refractivity contribution in [3.05, 3.63) is 24.7 Å². The molecule has 6 heteroatoms. The molecule has 1 saturated heterocycles. The number of rotatable bonds is 3. The van der Waals surface area contributed by atoms with Crippen molar-refractivity contribution in [2.24, 2.45) is 18.7 Å². The Hall–Kier alpha value is -1.95.